The van der Waals surface area contributed by atoms with Crippen molar-refractivity contribution in [3.63, 3.8) is 0 Å². The van der Waals surface area contributed by atoms with Crippen molar-refractivity contribution in [1.82, 2.24) is 14.9 Å². The molecule has 174 valence electrons. The van der Waals surface area contributed by atoms with Gasteiger partial charge >= 0.3 is 0 Å². The van der Waals surface area contributed by atoms with E-state index in [9.17, 15) is 13.2 Å². The predicted octanol–water partition coefficient (Wildman–Crippen LogP) is 4.35. The predicted molar refractivity (Wildman–Crippen MR) is 135 cm³/mol. The van der Waals surface area contributed by atoms with Crippen molar-refractivity contribution < 1.29 is 13.2 Å². The van der Waals surface area contributed by atoms with E-state index in [2.05, 4.69) is 10.3 Å². The highest BCUT2D eigenvalue weighted by Gasteiger charge is 2.21. The van der Waals surface area contributed by atoms with Crippen LogP contribution < -0.4 is 9.62 Å². The van der Waals surface area contributed by atoms with E-state index in [0.717, 1.165) is 16.1 Å². The SMILES string of the molecule is CSc1ccc(S(=O)(=O)N(C)c2ccc(C(=O)NCc3ccccc3-n3ccnc3)cc2)cc1. The van der Waals surface area contributed by atoms with Gasteiger partial charge in [0.25, 0.3) is 15.9 Å². The molecule has 0 spiro atoms. The average molecular weight is 493 g/mol. The molecule has 34 heavy (non-hydrogen) atoms. The summed E-state index contributed by atoms with van der Waals surface area (Å²) in [6.07, 6.45) is 7.20. The molecule has 0 saturated carbocycles. The number of anilines is 1. The van der Waals surface area contributed by atoms with Crippen molar-refractivity contribution in [2.75, 3.05) is 17.6 Å². The summed E-state index contributed by atoms with van der Waals surface area (Å²) in [7, 11) is -2.21. The minimum atomic E-state index is -3.71. The van der Waals surface area contributed by atoms with Gasteiger partial charge in [0.05, 0.1) is 22.6 Å². The molecule has 0 radical (unpaired) electrons. The molecule has 1 N–H and O–H groups in total. The summed E-state index contributed by atoms with van der Waals surface area (Å²) < 4.78 is 29.0. The van der Waals surface area contributed by atoms with E-state index in [1.54, 1.807) is 72.8 Å². The summed E-state index contributed by atoms with van der Waals surface area (Å²) >= 11 is 1.55. The van der Waals surface area contributed by atoms with Crippen molar-refractivity contribution in [1.29, 1.82) is 0 Å². The minimum absolute atomic E-state index is 0.214. The molecule has 0 aliphatic carbocycles. The van der Waals surface area contributed by atoms with Crippen LogP contribution in [0.5, 0.6) is 0 Å². The van der Waals surface area contributed by atoms with E-state index < -0.39 is 10.0 Å². The lowest BCUT2D eigenvalue weighted by Crippen LogP contribution is -2.27. The van der Waals surface area contributed by atoms with E-state index in [1.807, 2.05) is 41.3 Å². The smallest absolute Gasteiger partial charge is 0.264 e. The molecule has 7 nitrogen and oxygen atoms in total. The number of sulfonamides is 1. The highest BCUT2D eigenvalue weighted by Crippen LogP contribution is 2.24. The Labute approximate surface area is 203 Å². The lowest BCUT2D eigenvalue weighted by atomic mass is 10.1. The van der Waals surface area contributed by atoms with Crippen LogP contribution in [0.2, 0.25) is 0 Å². The van der Waals surface area contributed by atoms with Gasteiger partial charge in [0.2, 0.25) is 0 Å². The second kappa shape index (κ2) is 10.1. The Morgan fingerprint density at radius 3 is 2.38 bits per heavy atom. The Balaban J connectivity index is 1.45. The van der Waals surface area contributed by atoms with Crippen molar-refractivity contribution in [2.24, 2.45) is 0 Å². The summed E-state index contributed by atoms with van der Waals surface area (Å²) in [4.78, 5) is 18.0. The monoisotopic (exact) mass is 492 g/mol. The first kappa shape index (κ1) is 23.6. The summed E-state index contributed by atoms with van der Waals surface area (Å²) in [5.74, 6) is -0.245. The Hall–Kier alpha value is -3.56. The molecule has 0 aliphatic heterocycles. The van der Waals surface area contributed by atoms with Crippen LogP contribution >= 0.6 is 11.8 Å². The first-order valence-corrected chi connectivity index (χ1v) is 13.1. The standard InChI is InChI=1S/C25H24N4O3S2/c1-28(34(31,32)23-13-11-22(33-2)12-14-23)21-9-7-19(8-10-21)25(30)27-17-20-5-3-4-6-24(20)29-16-15-26-18-29/h3-16,18H,17H2,1-2H3,(H,27,30). The summed E-state index contributed by atoms with van der Waals surface area (Å²) in [5, 5.41) is 2.93. The van der Waals surface area contributed by atoms with E-state index in [1.165, 1.54) is 11.4 Å². The fourth-order valence-corrected chi connectivity index (χ4v) is 5.06. The average Bonchev–Trinajstić information content (AvgIpc) is 3.42. The summed E-state index contributed by atoms with van der Waals surface area (Å²) in [6, 6.07) is 21.0. The van der Waals surface area contributed by atoms with Gasteiger partial charge < -0.3 is 9.88 Å². The molecule has 0 saturated heterocycles. The maximum atomic E-state index is 13.0. The lowest BCUT2D eigenvalue weighted by Gasteiger charge is -2.20. The van der Waals surface area contributed by atoms with Gasteiger partial charge in [0.15, 0.2) is 0 Å². The molecule has 1 amide bonds. The third kappa shape index (κ3) is 5.00. The van der Waals surface area contributed by atoms with Gasteiger partial charge in [0, 0.05) is 36.4 Å². The number of imidazole rings is 1. The van der Waals surface area contributed by atoms with Crippen LogP contribution in [0.4, 0.5) is 5.69 Å². The Morgan fingerprint density at radius 1 is 1.03 bits per heavy atom. The van der Waals surface area contributed by atoms with E-state index >= 15 is 0 Å². The fraction of sp³-hybridized carbons (Fsp3) is 0.120. The van der Waals surface area contributed by atoms with Crippen molar-refractivity contribution in [3.05, 3.63) is 103 Å². The number of nitrogens with one attached hydrogen (secondary N) is 1. The topological polar surface area (TPSA) is 84.3 Å². The fourth-order valence-electron chi connectivity index (χ4n) is 3.46. The number of para-hydroxylation sites is 1. The number of nitrogens with zero attached hydrogens (tertiary/aromatic N) is 3. The molecule has 1 heterocycles. The van der Waals surface area contributed by atoms with Gasteiger partial charge in [-0.05, 0) is 66.4 Å². The summed E-state index contributed by atoms with van der Waals surface area (Å²) in [5.41, 5.74) is 2.80. The zero-order valence-electron chi connectivity index (χ0n) is 18.8. The van der Waals surface area contributed by atoms with Gasteiger partial charge in [-0.3, -0.25) is 9.10 Å². The van der Waals surface area contributed by atoms with E-state index in [0.29, 0.717) is 17.8 Å². The normalized spacial score (nSPS) is 11.2. The molecule has 0 aliphatic rings. The highest BCUT2D eigenvalue weighted by molar-refractivity contribution is 7.98. The number of thioether (sulfide) groups is 1. The van der Waals surface area contributed by atoms with Crippen LogP contribution in [0.3, 0.4) is 0 Å². The Bertz CT molecular complexity index is 1370. The van der Waals surface area contributed by atoms with Gasteiger partial charge in [0.1, 0.15) is 0 Å². The molecule has 9 heteroatoms. The first-order chi connectivity index (χ1) is 16.4. The molecule has 0 fully saturated rings. The number of carbonyl (C=O) groups is 1. The molecule has 0 unspecified atom stereocenters. The molecule has 0 atom stereocenters. The van der Waals surface area contributed by atoms with Crippen molar-refractivity contribution >= 4 is 33.4 Å². The maximum absolute atomic E-state index is 13.0. The van der Waals surface area contributed by atoms with E-state index in [-0.39, 0.29) is 10.8 Å². The van der Waals surface area contributed by atoms with Crippen LogP contribution in [-0.4, -0.2) is 37.2 Å². The number of benzene rings is 3. The summed E-state index contributed by atoms with van der Waals surface area (Å²) in [6.45, 7) is 0.343. The number of amides is 1. The largest absolute Gasteiger partial charge is 0.348 e. The third-order valence-corrected chi connectivity index (χ3v) is 7.97. The Morgan fingerprint density at radius 2 is 1.74 bits per heavy atom. The number of carbonyl (C=O) groups excluding carboxylic acids is 1. The molecule has 4 rings (SSSR count). The number of hydrogen-bond donors (Lipinski definition) is 1. The van der Waals surface area contributed by atoms with E-state index in [4.69, 9.17) is 0 Å². The molecule has 0 bridgehead atoms. The third-order valence-electron chi connectivity index (χ3n) is 5.42. The van der Waals surface area contributed by atoms with Gasteiger partial charge in [-0.2, -0.15) is 0 Å². The molecule has 4 aromatic rings. The van der Waals surface area contributed by atoms with Gasteiger partial charge in [-0.1, -0.05) is 18.2 Å². The lowest BCUT2D eigenvalue weighted by molar-refractivity contribution is 0.0951. The van der Waals surface area contributed by atoms with Crippen LogP contribution in [0, 0.1) is 0 Å². The van der Waals surface area contributed by atoms with Gasteiger partial charge in [-0.15, -0.1) is 11.8 Å². The minimum Gasteiger partial charge on any atom is -0.348 e. The number of rotatable bonds is 8. The van der Waals surface area contributed by atoms with Crippen LogP contribution in [0.1, 0.15) is 15.9 Å². The molecular formula is C25H24N4O3S2. The van der Waals surface area contributed by atoms with Crippen LogP contribution in [-0.2, 0) is 16.6 Å². The highest BCUT2D eigenvalue weighted by atomic mass is 32.2. The van der Waals surface area contributed by atoms with Crippen LogP contribution in [0.25, 0.3) is 5.69 Å². The molecule has 1 aromatic heterocycles. The molecule has 3 aromatic carbocycles. The second-order valence-corrected chi connectivity index (χ2v) is 10.3. The van der Waals surface area contributed by atoms with Crippen LogP contribution in [0.15, 0.2) is 101 Å². The zero-order chi connectivity index (χ0) is 24.1. The Kier molecular flexibility index (Phi) is 7.04. The second-order valence-electron chi connectivity index (χ2n) is 7.48. The quantitative estimate of drug-likeness (QED) is 0.370. The van der Waals surface area contributed by atoms with Crippen molar-refractivity contribution in [2.45, 2.75) is 16.3 Å². The first-order valence-electron chi connectivity index (χ1n) is 10.5. The molecular weight excluding hydrogens is 468 g/mol. The van der Waals surface area contributed by atoms with Gasteiger partial charge in [-0.25, -0.2) is 13.4 Å². The number of aromatic nitrogens is 2. The number of hydrogen-bond acceptors (Lipinski definition) is 5. The zero-order valence-corrected chi connectivity index (χ0v) is 20.4. The van der Waals surface area contributed by atoms with Crippen molar-refractivity contribution in [3.8, 4) is 5.69 Å². The maximum Gasteiger partial charge on any atom is 0.264 e.